The molecule has 24 heavy (non-hydrogen) atoms. The SMILES string of the molecule is CC1(C)CC2CC(C)(CN2C(=O)COC(=O)c2ccc[nH]c2=O)C1. The summed E-state index contributed by atoms with van der Waals surface area (Å²) in [5.74, 6) is -0.943. The minimum Gasteiger partial charge on any atom is -0.452 e. The summed E-state index contributed by atoms with van der Waals surface area (Å²) in [6.07, 6.45) is 4.52. The standard InChI is InChI=1S/C18H24N2O4/c1-17(2)7-12-8-18(3,10-17)11-20(12)14(21)9-24-16(23)13-5-4-6-19-15(13)22/h4-6,12H,7-11H2,1-3H3,(H,19,22). The van der Waals surface area contributed by atoms with Crippen LogP contribution >= 0.6 is 0 Å². The van der Waals surface area contributed by atoms with Crippen LogP contribution in [0.4, 0.5) is 0 Å². The number of aromatic nitrogens is 1. The van der Waals surface area contributed by atoms with Crippen LogP contribution in [0.3, 0.4) is 0 Å². The first-order chi connectivity index (χ1) is 11.2. The Bertz CT molecular complexity index is 724. The van der Waals surface area contributed by atoms with Crippen molar-refractivity contribution in [2.24, 2.45) is 10.8 Å². The number of amides is 1. The van der Waals surface area contributed by atoms with Crippen LogP contribution in [-0.4, -0.2) is 41.0 Å². The van der Waals surface area contributed by atoms with Crippen molar-refractivity contribution in [2.75, 3.05) is 13.2 Å². The molecule has 1 aliphatic carbocycles. The highest BCUT2D eigenvalue weighted by Gasteiger charge is 2.50. The normalized spacial score (nSPS) is 27.8. The summed E-state index contributed by atoms with van der Waals surface area (Å²) < 4.78 is 5.07. The summed E-state index contributed by atoms with van der Waals surface area (Å²) in [6, 6.07) is 3.15. The number of hydrogen-bond donors (Lipinski definition) is 1. The van der Waals surface area contributed by atoms with E-state index in [9.17, 15) is 14.4 Å². The molecule has 1 N–H and O–H groups in total. The van der Waals surface area contributed by atoms with Gasteiger partial charge in [-0.05, 0) is 42.2 Å². The summed E-state index contributed by atoms with van der Waals surface area (Å²) in [6.45, 7) is 7.10. The highest BCUT2D eigenvalue weighted by molar-refractivity contribution is 5.91. The second-order valence-corrected chi connectivity index (χ2v) is 8.22. The fraction of sp³-hybridized carbons (Fsp3) is 0.611. The van der Waals surface area contributed by atoms with Crippen LogP contribution in [0.5, 0.6) is 0 Å². The molecule has 1 aliphatic heterocycles. The number of pyridine rings is 1. The molecule has 3 rings (SSSR count). The van der Waals surface area contributed by atoms with E-state index in [1.165, 1.54) is 12.3 Å². The van der Waals surface area contributed by atoms with E-state index in [0.29, 0.717) is 6.54 Å². The predicted octanol–water partition coefficient (Wildman–Crippen LogP) is 1.96. The Hall–Kier alpha value is -2.11. The van der Waals surface area contributed by atoms with Crippen LogP contribution in [0.25, 0.3) is 0 Å². The molecule has 1 aromatic rings. The van der Waals surface area contributed by atoms with Gasteiger partial charge in [-0.1, -0.05) is 20.8 Å². The van der Waals surface area contributed by atoms with E-state index in [1.807, 2.05) is 4.90 Å². The largest absolute Gasteiger partial charge is 0.452 e. The first-order valence-electron chi connectivity index (χ1n) is 8.34. The molecule has 1 amide bonds. The molecular formula is C18H24N2O4. The van der Waals surface area contributed by atoms with Gasteiger partial charge >= 0.3 is 5.97 Å². The molecule has 0 radical (unpaired) electrons. The number of likely N-dealkylation sites (tertiary alicyclic amines) is 1. The van der Waals surface area contributed by atoms with Gasteiger partial charge in [0.15, 0.2) is 6.61 Å². The molecule has 2 heterocycles. The third-order valence-electron chi connectivity index (χ3n) is 5.10. The van der Waals surface area contributed by atoms with Crippen molar-refractivity contribution in [3.8, 4) is 0 Å². The van der Waals surface area contributed by atoms with Crippen LogP contribution in [0.2, 0.25) is 0 Å². The summed E-state index contributed by atoms with van der Waals surface area (Å²) >= 11 is 0. The molecule has 1 saturated carbocycles. The van der Waals surface area contributed by atoms with Gasteiger partial charge in [0.05, 0.1) is 0 Å². The van der Waals surface area contributed by atoms with Crippen LogP contribution in [0, 0.1) is 10.8 Å². The monoisotopic (exact) mass is 332 g/mol. The molecule has 2 atom stereocenters. The second-order valence-electron chi connectivity index (χ2n) is 8.22. The smallest absolute Gasteiger partial charge is 0.344 e. The molecule has 2 bridgehead atoms. The number of nitrogens with zero attached hydrogens (tertiary/aromatic N) is 1. The first kappa shape index (κ1) is 16.7. The molecule has 130 valence electrons. The number of fused-ring (bicyclic) bond motifs is 2. The Kier molecular flexibility index (Phi) is 4.01. The number of H-pyrrole nitrogens is 1. The molecule has 1 aromatic heterocycles. The van der Waals surface area contributed by atoms with Crippen molar-refractivity contribution in [3.63, 3.8) is 0 Å². The molecule has 0 spiro atoms. The van der Waals surface area contributed by atoms with E-state index < -0.39 is 11.5 Å². The minimum atomic E-state index is -0.765. The van der Waals surface area contributed by atoms with Gasteiger partial charge < -0.3 is 14.6 Å². The Morgan fingerprint density at radius 3 is 2.79 bits per heavy atom. The van der Waals surface area contributed by atoms with Gasteiger partial charge in [-0.2, -0.15) is 0 Å². The highest BCUT2D eigenvalue weighted by Crippen LogP contribution is 2.52. The Morgan fingerprint density at radius 1 is 1.33 bits per heavy atom. The van der Waals surface area contributed by atoms with Crippen molar-refractivity contribution in [1.29, 1.82) is 0 Å². The zero-order chi connectivity index (χ0) is 17.5. The van der Waals surface area contributed by atoms with Gasteiger partial charge in [0, 0.05) is 18.8 Å². The fourth-order valence-corrected chi connectivity index (χ4v) is 4.62. The van der Waals surface area contributed by atoms with Gasteiger partial charge in [-0.15, -0.1) is 0 Å². The lowest BCUT2D eigenvalue weighted by Crippen LogP contribution is -2.40. The van der Waals surface area contributed by atoms with Crippen molar-refractivity contribution < 1.29 is 14.3 Å². The third-order valence-corrected chi connectivity index (χ3v) is 5.10. The van der Waals surface area contributed by atoms with Gasteiger partial charge in [-0.25, -0.2) is 4.79 Å². The average Bonchev–Trinajstić information content (AvgIpc) is 2.74. The number of nitrogens with one attached hydrogen (secondary N) is 1. The number of aromatic amines is 1. The van der Waals surface area contributed by atoms with Gasteiger partial charge in [0.1, 0.15) is 5.56 Å². The van der Waals surface area contributed by atoms with Crippen LogP contribution in [0.15, 0.2) is 23.1 Å². The van der Waals surface area contributed by atoms with Crippen LogP contribution in [0.1, 0.15) is 50.4 Å². The predicted molar refractivity (Wildman–Crippen MR) is 88.6 cm³/mol. The summed E-state index contributed by atoms with van der Waals surface area (Å²) in [7, 11) is 0. The fourth-order valence-electron chi connectivity index (χ4n) is 4.62. The van der Waals surface area contributed by atoms with Crippen molar-refractivity contribution in [3.05, 3.63) is 34.2 Å². The molecule has 6 nitrogen and oxygen atoms in total. The maximum Gasteiger partial charge on any atom is 0.344 e. The van der Waals surface area contributed by atoms with Gasteiger partial charge in [0.2, 0.25) is 0 Å². The van der Waals surface area contributed by atoms with Gasteiger partial charge in [-0.3, -0.25) is 9.59 Å². The number of esters is 1. The van der Waals surface area contributed by atoms with Crippen LogP contribution in [-0.2, 0) is 9.53 Å². The highest BCUT2D eigenvalue weighted by atomic mass is 16.5. The lowest BCUT2D eigenvalue weighted by Gasteiger charge is -2.39. The molecule has 2 unspecified atom stereocenters. The average molecular weight is 332 g/mol. The molecule has 2 fully saturated rings. The first-order valence-corrected chi connectivity index (χ1v) is 8.34. The van der Waals surface area contributed by atoms with E-state index in [4.69, 9.17) is 4.74 Å². The van der Waals surface area contributed by atoms with E-state index in [-0.39, 0.29) is 34.9 Å². The number of carbonyl (C=O) groups is 2. The molecule has 2 aliphatic rings. The van der Waals surface area contributed by atoms with Crippen molar-refractivity contribution in [2.45, 2.75) is 46.1 Å². The van der Waals surface area contributed by atoms with E-state index in [0.717, 1.165) is 19.3 Å². The van der Waals surface area contributed by atoms with E-state index >= 15 is 0 Å². The maximum absolute atomic E-state index is 12.5. The summed E-state index contributed by atoms with van der Waals surface area (Å²) in [5, 5.41) is 0. The topological polar surface area (TPSA) is 79.5 Å². The van der Waals surface area contributed by atoms with Crippen molar-refractivity contribution >= 4 is 11.9 Å². The van der Waals surface area contributed by atoms with E-state index in [1.54, 1.807) is 6.07 Å². The van der Waals surface area contributed by atoms with E-state index in [2.05, 4.69) is 25.8 Å². The Balaban J connectivity index is 1.63. The number of hydrogen-bond acceptors (Lipinski definition) is 4. The third kappa shape index (κ3) is 3.23. The summed E-state index contributed by atoms with van der Waals surface area (Å²) in [5.41, 5.74) is -0.233. The number of ether oxygens (including phenoxy) is 1. The van der Waals surface area contributed by atoms with Crippen molar-refractivity contribution in [1.82, 2.24) is 9.88 Å². The second kappa shape index (κ2) is 5.76. The lowest BCUT2D eigenvalue weighted by molar-refractivity contribution is -0.135. The zero-order valence-electron chi connectivity index (χ0n) is 14.4. The number of rotatable bonds is 3. The Labute approximate surface area is 141 Å². The lowest BCUT2D eigenvalue weighted by atomic mass is 9.65. The molecule has 0 aromatic carbocycles. The zero-order valence-corrected chi connectivity index (χ0v) is 14.4. The van der Waals surface area contributed by atoms with Crippen LogP contribution < -0.4 is 5.56 Å². The number of carbonyl (C=O) groups excluding carboxylic acids is 2. The minimum absolute atomic E-state index is 0.0847. The quantitative estimate of drug-likeness (QED) is 0.858. The van der Waals surface area contributed by atoms with Gasteiger partial charge in [0.25, 0.3) is 11.5 Å². The molecule has 1 saturated heterocycles. The maximum atomic E-state index is 12.5. The molecule has 6 heteroatoms. The molecular weight excluding hydrogens is 308 g/mol. The summed E-state index contributed by atoms with van der Waals surface area (Å²) in [4.78, 5) is 40.3. The Morgan fingerprint density at radius 2 is 2.08 bits per heavy atom.